The Morgan fingerprint density at radius 3 is 2.70 bits per heavy atom. The van der Waals surface area contributed by atoms with E-state index in [1.807, 2.05) is 0 Å². The van der Waals surface area contributed by atoms with Gasteiger partial charge >= 0.3 is 0 Å². The van der Waals surface area contributed by atoms with Crippen LogP contribution in [-0.4, -0.2) is 34.2 Å². The molecule has 2 aliphatic rings. The molecule has 3 rings (SSSR count). The lowest BCUT2D eigenvalue weighted by Crippen LogP contribution is -2.44. The molecule has 6 nitrogen and oxygen atoms in total. The Balaban J connectivity index is 0.00000192. The highest BCUT2D eigenvalue weighted by molar-refractivity contribution is 7.89. The van der Waals surface area contributed by atoms with Crippen molar-refractivity contribution in [3.8, 4) is 11.5 Å². The SMILES string of the molecule is Cl.NCC1CCCCC1NS(=O)(=O)c1cccc2c1OCCO2. The summed E-state index contributed by atoms with van der Waals surface area (Å²) in [6.45, 7) is 1.29. The van der Waals surface area contributed by atoms with Crippen LogP contribution in [0.25, 0.3) is 0 Å². The van der Waals surface area contributed by atoms with Crippen molar-refractivity contribution < 1.29 is 17.9 Å². The van der Waals surface area contributed by atoms with E-state index in [0.717, 1.165) is 25.7 Å². The summed E-state index contributed by atoms with van der Waals surface area (Å²) in [5.41, 5.74) is 5.78. The highest BCUT2D eigenvalue weighted by Gasteiger charge is 2.31. The first kappa shape index (κ1) is 18.3. The second-order valence-electron chi connectivity index (χ2n) is 5.79. The number of sulfonamides is 1. The van der Waals surface area contributed by atoms with Crippen molar-refractivity contribution in [3.05, 3.63) is 18.2 Å². The van der Waals surface area contributed by atoms with Crippen molar-refractivity contribution in [2.75, 3.05) is 19.8 Å². The number of nitrogens with one attached hydrogen (secondary N) is 1. The molecule has 0 spiro atoms. The van der Waals surface area contributed by atoms with E-state index in [1.54, 1.807) is 18.2 Å². The molecule has 0 amide bonds. The topological polar surface area (TPSA) is 90.7 Å². The molecule has 2 unspecified atom stereocenters. The molecule has 1 aliphatic carbocycles. The number of para-hydroxylation sites is 1. The molecule has 1 heterocycles. The first-order valence-corrected chi connectivity index (χ1v) is 9.21. The summed E-state index contributed by atoms with van der Waals surface area (Å²) >= 11 is 0. The molecule has 1 aromatic rings. The minimum Gasteiger partial charge on any atom is -0.486 e. The van der Waals surface area contributed by atoms with Gasteiger partial charge in [-0.1, -0.05) is 18.9 Å². The molecule has 1 fully saturated rings. The smallest absolute Gasteiger partial charge is 0.244 e. The Kier molecular flexibility index (Phi) is 6.13. The van der Waals surface area contributed by atoms with Gasteiger partial charge in [-0.05, 0) is 37.4 Å². The summed E-state index contributed by atoms with van der Waals surface area (Å²) in [5, 5.41) is 0. The standard InChI is InChI=1S/C15H22N2O4S.ClH/c16-10-11-4-1-2-5-12(11)17-22(18,19)14-7-3-6-13-15(14)21-9-8-20-13;/h3,6-7,11-12,17H,1-2,4-5,8-10,16H2;1H. The number of hydrogen-bond acceptors (Lipinski definition) is 5. The third-order valence-electron chi connectivity index (χ3n) is 4.34. The number of benzene rings is 1. The van der Waals surface area contributed by atoms with E-state index < -0.39 is 10.0 Å². The quantitative estimate of drug-likeness (QED) is 0.850. The lowest BCUT2D eigenvalue weighted by molar-refractivity contribution is 0.167. The minimum atomic E-state index is -3.65. The monoisotopic (exact) mass is 362 g/mol. The molecule has 130 valence electrons. The molecule has 1 aromatic carbocycles. The Bertz CT molecular complexity index is 638. The molecule has 8 heteroatoms. The zero-order valence-electron chi connectivity index (χ0n) is 12.9. The van der Waals surface area contributed by atoms with Crippen LogP contribution >= 0.6 is 12.4 Å². The van der Waals surface area contributed by atoms with Crippen LogP contribution in [0.5, 0.6) is 11.5 Å². The number of nitrogens with two attached hydrogens (primary N) is 1. The molecule has 0 aromatic heterocycles. The number of ether oxygens (including phenoxy) is 2. The second-order valence-corrected chi connectivity index (χ2v) is 7.47. The van der Waals surface area contributed by atoms with Crippen molar-refractivity contribution in [1.82, 2.24) is 4.72 Å². The molecule has 0 radical (unpaired) electrons. The van der Waals surface area contributed by atoms with Gasteiger partial charge in [0.25, 0.3) is 0 Å². The van der Waals surface area contributed by atoms with Crippen molar-refractivity contribution in [2.24, 2.45) is 11.7 Å². The second kappa shape index (κ2) is 7.70. The first-order chi connectivity index (χ1) is 10.6. The lowest BCUT2D eigenvalue weighted by Gasteiger charge is -2.31. The summed E-state index contributed by atoms with van der Waals surface area (Å²) in [6.07, 6.45) is 3.93. The Hall–Kier alpha value is -1.02. The Morgan fingerprint density at radius 2 is 1.91 bits per heavy atom. The summed E-state index contributed by atoms with van der Waals surface area (Å²) in [7, 11) is -3.65. The maximum atomic E-state index is 12.7. The maximum absolute atomic E-state index is 12.7. The highest BCUT2D eigenvalue weighted by Crippen LogP contribution is 2.37. The normalized spacial score (nSPS) is 23.9. The number of rotatable bonds is 4. The number of fused-ring (bicyclic) bond motifs is 1. The number of halogens is 1. The largest absolute Gasteiger partial charge is 0.486 e. The fraction of sp³-hybridized carbons (Fsp3) is 0.600. The van der Waals surface area contributed by atoms with Crippen LogP contribution in [-0.2, 0) is 10.0 Å². The third-order valence-corrected chi connectivity index (χ3v) is 5.85. The molecule has 1 saturated carbocycles. The van der Waals surface area contributed by atoms with Crippen LogP contribution < -0.4 is 19.9 Å². The fourth-order valence-corrected chi connectivity index (χ4v) is 4.66. The fourth-order valence-electron chi connectivity index (χ4n) is 3.17. The average molecular weight is 363 g/mol. The van der Waals surface area contributed by atoms with Crippen LogP contribution in [0.15, 0.2) is 23.1 Å². The molecule has 23 heavy (non-hydrogen) atoms. The van der Waals surface area contributed by atoms with Crippen LogP contribution in [0.4, 0.5) is 0 Å². The van der Waals surface area contributed by atoms with Crippen molar-refractivity contribution >= 4 is 22.4 Å². The molecular weight excluding hydrogens is 340 g/mol. The van der Waals surface area contributed by atoms with Crippen LogP contribution in [0.2, 0.25) is 0 Å². The van der Waals surface area contributed by atoms with E-state index in [1.165, 1.54) is 0 Å². The van der Waals surface area contributed by atoms with Gasteiger partial charge in [-0.2, -0.15) is 0 Å². The van der Waals surface area contributed by atoms with Crippen LogP contribution in [0.1, 0.15) is 25.7 Å². The van der Waals surface area contributed by atoms with E-state index in [4.69, 9.17) is 15.2 Å². The third kappa shape index (κ3) is 3.91. The summed E-state index contributed by atoms with van der Waals surface area (Å²) in [5.74, 6) is 0.981. The van der Waals surface area contributed by atoms with Gasteiger partial charge in [-0.25, -0.2) is 13.1 Å². The molecule has 0 bridgehead atoms. The van der Waals surface area contributed by atoms with E-state index in [0.29, 0.717) is 31.3 Å². The zero-order chi connectivity index (χ0) is 15.6. The van der Waals surface area contributed by atoms with Crippen LogP contribution in [0, 0.1) is 5.92 Å². The highest BCUT2D eigenvalue weighted by atomic mass is 35.5. The molecule has 1 aliphatic heterocycles. The van der Waals surface area contributed by atoms with Crippen molar-refractivity contribution in [3.63, 3.8) is 0 Å². The Morgan fingerprint density at radius 1 is 1.17 bits per heavy atom. The molecular formula is C15H23ClN2O4S. The maximum Gasteiger partial charge on any atom is 0.244 e. The van der Waals surface area contributed by atoms with Gasteiger partial charge in [0.05, 0.1) is 0 Å². The molecule has 0 saturated heterocycles. The predicted octanol–water partition coefficient (Wildman–Crippen LogP) is 1.68. The number of hydrogen-bond donors (Lipinski definition) is 2. The predicted molar refractivity (Wildman–Crippen MR) is 89.8 cm³/mol. The first-order valence-electron chi connectivity index (χ1n) is 7.73. The van der Waals surface area contributed by atoms with Gasteiger partial charge in [0.1, 0.15) is 18.1 Å². The van der Waals surface area contributed by atoms with Crippen LogP contribution in [0.3, 0.4) is 0 Å². The van der Waals surface area contributed by atoms with E-state index in [-0.39, 0.29) is 29.3 Å². The van der Waals surface area contributed by atoms with Gasteiger partial charge in [0.2, 0.25) is 10.0 Å². The summed E-state index contributed by atoms with van der Waals surface area (Å²) in [6, 6.07) is 4.83. The van der Waals surface area contributed by atoms with Gasteiger partial charge in [-0.15, -0.1) is 12.4 Å². The van der Waals surface area contributed by atoms with Gasteiger partial charge in [0.15, 0.2) is 11.5 Å². The average Bonchev–Trinajstić information content (AvgIpc) is 2.54. The molecule has 3 N–H and O–H groups in total. The van der Waals surface area contributed by atoms with E-state index in [2.05, 4.69) is 4.72 Å². The minimum absolute atomic E-state index is 0. The van der Waals surface area contributed by atoms with Crippen molar-refractivity contribution in [1.29, 1.82) is 0 Å². The Labute approximate surface area is 143 Å². The molecule has 2 atom stereocenters. The van der Waals surface area contributed by atoms with Gasteiger partial charge < -0.3 is 15.2 Å². The van der Waals surface area contributed by atoms with E-state index >= 15 is 0 Å². The lowest BCUT2D eigenvalue weighted by atomic mass is 9.85. The van der Waals surface area contributed by atoms with Crippen molar-refractivity contribution in [2.45, 2.75) is 36.6 Å². The summed E-state index contributed by atoms with van der Waals surface area (Å²) < 4.78 is 39.3. The van der Waals surface area contributed by atoms with E-state index in [9.17, 15) is 8.42 Å². The summed E-state index contributed by atoms with van der Waals surface area (Å²) in [4.78, 5) is 0.144. The van der Waals surface area contributed by atoms with Gasteiger partial charge in [0, 0.05) is 6.04 Å². The van der Waals surface area contributed by atoms with Gasteiger partial charge in [-0.3, -0.25) is 0 Å². The zero-order valence-corrected chi connectivity index (χ0v) is 14.5.